The van der Waals surface area contributed by atoms with Crippen molar-refractivity contribution < 1.29 is 43.5 Å². The number of aromatic carboxylic acids is 2. The molecule has 0 radical (unpaired) electrons. The monoisotopic (exact) mass is 522 g/mol. The fourth-order valence-corrected chi connectivity index (χ4v) is 4.19. The summed E-state index contributed by atoms with van der Waals surface area (Å²) in [6.45, 7) is -0.566. The molecule has 2 heterocycles. The lowest BCUT2D eigenvalue weighted by Crippen LogP contribution is -2.33. The van der Waals surface area contributed by atoms with Crippen molar-refractivity contribution in [3.05, 3.63) is 92.1 Å². The van der Waals surface area contributed by atoms with Gasteiger partial charge in [0.2, 0.25) is 0 Å². The van der Waals surface area contributed by atoms with E-state index in [0.717, 1.165) is 23.1 Å². The molecule has 3 aromatic rings. The number of non-ortho nitro benzene ring substituents is 1. The van der Waals surface area contributed by atoms with Crippen LogP contribution in [0.1, 0.15) is 36.8 Å². The average molecular weight is 522 g/mol. The first-order valence-corrected chi connectivity index (χ1v) is 11.1. The number of nitro benzene ring substituents is 1. The molecule has 0 spiro atoms. The molecule has 1 saturated heterocycles. The minimum atomic E-state index is -1.33. The number of thioether (sulfide) groups is 1. The number of furan rings is 1. The SMILES string of the molecule is O=C(O)c1cc(C(=O)O)cc(-c2ccc(/C=C3/SC(=O)N(CC(=O)c4ccc([N+](=O)[O-])cc4)C3=O)o2)c1. The minimum Gasteiger partial charge on any atom is -0.478 e. The highest BCUT2D eigenvalue weighted by molar-refractivity contribution is 8.18. The van der Waals surface area contributed by atoms with Crippen molar-refractivity contribution in [2.45, 2.75) is 0 Å². The van der Waals surface area contributed by atoms with Crippen LogP contribution in [-0.4, -0.2) is 55.4 Å². The van der Waals surface area contributed by atoms with Crippen LogP contribution in [0.15, 0.2) is 63.9 Å². The van der Waals surface area contributed by atoms with E-state index in [1.54, 1.807) is 0 Å². The molecule has 0 atom stereocenters. The second kappa shape index (κ2) is 9.91. The van der Waals surface area contributed by atoms with E-state index in [4.69, 9.17) is 4.42 Å². The molecule has 1 aliphatic heterocycles. The van der Waals surface area contributed by atoms with Gasteiger partial charge in [-0.05, 0) is 54.2 Å². The summed E-state index contributed by atoms with van der Waals surface area (Å²) in [5.41, 5.74) is -0.456. The van der Waals surface area contributed by atoms with Crippen LogP contribution in [-0.2, 0) is 4.79 Å². The van der Waals surface area contributed by atoms with E-state index < -0.39 is 40.3 Å². The van der Waals surface area contributed by atoms with Crippen LogP contribution in [0, 0.1) is 10.1 Å². The number of amides is 2. The van der Waals surface area contributed by atoms with Crippen LogP contribution < -0.4 is 0 Å². The molecule has 2 aromatic carbocycles. The Balaban J connectivity index is 1.53. The van der Waals surface area contributed by atoms with Crippen LogP contribution in [0.3, 0.4) is 0 Å². The fraction of sp³-hybridized carbons (Fsp3) is 0.0417. The van der Waals surface area contributed by atoms with Gasteiger partial charge in [0.1, 0.15) is 11.5 Å². The first-order valence-electron chi connectivity index (χ1n) is 10.3. The summed E-state index contributed by atoms with van der Waals surface area (Å²) in [5.74, 6) is -3.74. The molecule has 0 unspecified atom stereocenters. The summed E-state index contributed by atoms with van der Waals surface area (Å²) in [4.78, 5) is 71.1. The summed E-state index contributed by atoms with van der Waals surface area (Å²) in [6.07, 6.45) is 1.27. The first-order chi connectivity index (χ1) is 17.5. The Morgan fingerprint density at radius 3 is 2.14 bits per heavy atom. The standard InChI is InChI=1S/C24H14N2O10S/c27-18(12-1-3-16(4-2-12)26(34)35)11-25-21(28)20(37-24(25)33)10-17-5-6-19(36-17)13-7-14(22(29)30)9-15(8-13)23(31)32/h1-10H,11H2,(H,29,30)(H,31,32)/b20-10+. The van der Waals surface area contributed by atoms with Crippen molar-refractivity contribution >= 4 is 52.4 Å². The van der Waals surface area contributed by atoms with Gasteiger partial charge in [-0.2, -0.15) is 0 Å². The van der Waals surface area contributed by atoms with Gasteiger partial charge in [0, 0.05) is 29.3 Å². The van der Waals surface area contributed by atoms with Gasteiger partial charge < -0.3 is 14.6 Å². The normalized spacial score (nSPS) is 14.3. The smallest absolute Gasteiger partial charge is 0.335 e. The van der Waals surface area contributed by atoms with Crippen LogP contribution in [0.25, 0.3) is 17.4 Å². The molecular formula is C24H14N2O10S. The van der Waals surface area contributed by atoms with Crippen molar-refractivity contribution in [3.63, 3.8) is 0 Å². The van der Waals surface area contributed by atoms with E-state index in [2.05, 4.69) is 0 Å². The zero-order chi connectivity index (χ0) is 26.9. The third-order valence-corrected chi connectivity index (χ3v) is 6.09. The molecular weight excluding hydrogens is 508 g/mol. The third kappa shape index (κ3) is 5.31. The maximum absolute atomic E-state index is 12.7. The first kappa shape index (κ1) is 25.1. The molecule has 12 nitrogen and oxygen atoms in total. The predicted octanol–water partition coefficient (Wildman–Crippen LogP) is 4.17. The molecule has 2 N–H and O–H groups in total. The Morgan fingerprint density at radius 2 is 1.57 bits per heavy atom. The molecule has 1 fully saturated rings. The topological polar surface area (TPSA) is 185 Å². The number of rotatable bonds is 8. The number of nitro groups is 1. The lowest BCUT2D eigenvalue weighted by molar-refractivity contribution is -0.384. The molecule has 1 aromatic heterocycles. The van der Waals surface area contributed by atoms with Crippen molar-refractivity contribution in [3.8, 4) is 11.3 Å². The number of imide groups is 1. The highest BCUT2D eigenvalue weighted by Crippen LogP contribution is 2.34. The second-order valence-electron chi connectivity index (χ2n) is 7.61. The minimum absolute atomic E-state index is 0.0343. The van der Waals surface area contributed by atoms with Crippen LogP contribution in [0.5, 0.6) is 0 Å². The highest BCUT2D eigenvalue weighted by Gasteiger charge is 2.36. The third-order valence-electron chi connectivity index (χ3n) is 5.19. The largest absolute Gasteiger partial charge is 0.478 e. The summed E-state index contributed by atoms with van der Waals surface area (Å²) in [6, 6.07) is 11.1. The van der Waals surface area contributed by atoms with Gasteiger partial charge in [-0.25, -0.2) is 9.59 Å². The fourth-order valence-electron chi connectivity index (χ4n) is 3.37. The number of carbonyl (C=O) groups excluding carboxylic acids is 3. The molecule has 13 heteroatoms. The molecule has 37 heavy (non-hydrogen) atoms. The van der Waals surface area contributed by atoms with Crippen molar-refractivity contribution in [2.75, 3.05) is 6.54 Å². The van der Waals surface area contributed by atoms with Crippen molar-refractivity contribution in [1.82, 2.24) is 4.90 Å². The van der Waals surface area contributed by atoms with Crippen LogP contribution in [0.2, 0.25) is 0 Å². The lowest BCUT2D eigenvalue weighted by atomic mass is 10.0. The van der Waals surface area contributed by atoms with E-state index in [-0.39, 0.29) is 44.4 Å². The van der Waals surface area contributed by atoms with E-state index >= 15 is 0 Å². The van der Waals surface area contributed by atoms with E-state index in [0.29, 0.717) is 11.8 Å². The van der Waals surface area contributed by atoms with Gasteiger partial charge in [0.25, 0.3) is 16.8 Å². The number of Topliss-reactive ketones (excluding diaryl/α,β-unsaturated/α-hetero) is 1. The van der Waals surface area contributed by atoms with Gasteiger partial charge >= 0.3 is 11.9 Å². The Kier molecular flexibility index (Phi) is 6.71. The molecule has 4 rings (SSSR count). The zero-order valence-electron chi connectivity index (χ0n) is 18.4. The van der Waals surface area contributed by atoms with Crippen LogP contribution in [0.4, 0.5) is 10.5 Å². The summed E-state index contributed by atoms with van der Waals surface area (Å²) in [7, 11) is 0. The number of carboxylic acid groups (broad SMARTS) is 2. The molecule has 1 aliphatic rings. The number of hydrogen-bond acceptors (Lipinski definition) is 9. The number of ketones is 1. The number of carbonyl (C=O) groups is 5. The zero-order valence-corrected chi connectivity index (χ0v) is 19.3. The van der Waals surface area contributed by atoms with Gasteiger partial charge in [0.05, 0.1) is 27.5 Å². The quantitative estimate of drug-likeness (QED) is 0.187. The molecule has 0 bridgehead atoms. The van der Waals surface area contributed by atoms with E-state index in [9.17, 15) is 44.3 Å². The summed E-state index contributed by atoms with van der Waals surface area (Å²) in [5, 5.41) is 28.6. The number of hydrogen-bond donors (Lipinski definition) is 2. The van der Waals surface area contributed by atoms with E-state index in [1.807, 2.05) is 0 Å². The van der Waals surface area contributed by atoms with Crippen molar-refractivity contribution in [1.29, 1.82) is 0 Å². The molecule has 0 aliphatic carbocycles. The molecule has 0 saturated carbocycles. The Labute approximate surface area is 210 Å². The molecule has 186 valence electrons. The van der Waals surface area contributed by atoms with Gasteiger partial charge in [-0.3, -0.25) is 29.4 Å². The number of nitrogens with zero attached hydrogens (tertiary/aromatic N) is 2. The average Bonchev–Trinajstić information content (AvgIpc) is 3.44. The van der Waals surface area contributed by atoms with Gasteiger partial charge in [-0.15, -0.1) is 0 Å². The number of carboxylic acids is 2. The summed E-state index contributed by atoms with van der Waals surface area (Å²) >= 11 is 0.580. The van der Waals surface area contributed by atoms with Gasteiger partial charge in [-0.1, -0.05) is 0 Å². The van der Waals surface area contributed by atoms with Gasteiger partial charge in [0.15, 0.2) is 5.78 Å². The van der Waals surface area contributed by atoms with E-state index in [1.165, 1.54) is 42.5 Å². The number of benzene rings is 2. The van der Waals surface area contributed by atoms with Crippen molar-refractivity contribution in [2.24, 2.45) is 0 Å². The predicted molar refractivity (Wildman–Crippen MR) is 128 cm³/mol. The maximum atomic E-state index is 12.7. The Bertz CT molecular complexity index is 1490. The molecule has 2 amide bonds. The highest BCUT2D eigenvalue weighted by atomic mass is 32.2. The maximum Gasteiger partial charge on any atom is 0.335 e. The van der Waals surface area contributed by atoms with Crippen LogP contribution >= 0.6 is 11.8 Å². The Morgan fingerprint density at radius 1 is 0.946 bits per heavy atom. The summed E-state index contributed by atoms with van der Waals surface area (Å²) < 4.78 is 5.62. The lowest BCUT2D eigenvalue weighted by Gasteiger charge is -2.11. The Hall–Kier alpha value is -5.04. The second-order valence-corrected chi connectivity index (χ2v) is 8.60.